The molecule has 1 atom stereocenters. The van der Waals surface area contributed by atoms with Crippen molar-refractivity contribution < 1.29 is 19.0 Å². The zero-order valence-electron chi connectivity index (χ0n) is 7.21. The molecule has 0 saturated carbocycles. The molecular formula is C7H13ClO4. The molecule has 0 N–H and O–H groups in total. The number of carbonyl (C=O) groups is 1. The van der Waals surface area contributed by atoms with E-state index in [1.54, 1.807) is 14.0 Å². The minimum atomic E-state index is -0.530. The molecule has 0 aliphatic rings. The van der Waals surface area contributed by atoms with Crippen LogP contribution in [0.4, 0.5) is 0 Å². The smallest absolute Gasteiger partial charge is 0.247 e. The van der Waals surface area contributed by atoms with Gasteiger partial charge in [0.15, 0.2) is 6.29 Å². The quantitative estimate of drug-likeness (QED) is 0.343. The molecule has 0 heterocycles. The van der Waals surface area contributed by atoms with E-state index in [9.17, 15) is 4.79 Å². The zero-order valence-corrected chi connectivity index (χ0v) is 7.97. The first-order valence-electron chi connectivity index (χ1n) is 3.57. The molecular weight excluding hydrogens is 184 g/mol. The van der Waals surface area contributed by atoms with Gasteiger partial charge in [-0.1, -0.05) is 0 Å². The third-order valence-corrected chi connectivity index (χ3v) is 1.18. The molecule has 0 aromatic rings. The Kier molecular flexibility index (Phi) is 7.39. The summed E-state index contributed by atoms with van der Waals surface area (Å²) in [6, 6.07) is 0. The van der Waals surface area contributed by atoms with Gasteiger partial charge in [-0.3, -0.25) is 4.79 Å². The van der Waals surface area contributed by atoms with Crippen LogP contribution in [0.1, 0.15) is 6.92 Å². The van der Waals surface area contributed by atoms with Crippen LogP contribution >= 0.6 is 11.6 Å². The Bertz CT molecular complexity index is 129. The second kappa shape index (κ2) is 7.49. The lowest BCUT2D eigenvalue weighted by atomic mass is 10.7. The molecule has 4 nitrogen and oxygen atoms in total. The molecule has 0 amide bonds. The van der Waals surface area contributed by atoms with Crippen molar-refractivity contribution >= 4 is 16.8 Å². The Morgan fingerprint density at radius 3 is 2.58 bits per heavy atom. The Morgan fingerprint density at radius 1 is 1.42 bits per heavy atom. The fourth-order valence-electron chi connectivity index (χ4n) is 0.528. The number of carbonyl (C=O) groups excluding carboxylic acids is 1. The minimum Gasteiger partial charge on any atom is -0.382 e. The average molecular weight is 197 g/mol. The SMILES string of the molecule is COCCOC(C)OCC(=O)Cl. The molecule has 12 heavy (non-hydrogen) atoms. The highest BCUT2D eigenvalue weighted by Crippen LogP contribution is 1.94. The Balaban J connectivity index is 3.21. The van der Waals surface area contributed by atoms with E-state index in [0.717, 1.165) is 0 Å². The summed E-state index contributed by atoms with van der Waals surface area (Å²) in [4.78, 5) is 10.2. The molecule has 1 unspecified atom stereocenters. The fourth-order valence-corrected chi connectivity index (χ4v) is 0.591. The Hall–Kier alpha value is -0.160. The maximum Gasteiger partial charge on any atom is 0.247 e. The molecule has 0 spiro atoms. The summed E-state index contributed by atoms with van der Waals surface area (Å²) in [6.07, 6.45) is -0.428. The largest absolute Gasteiger partial charge is 0.382 e. The van der Waals surface area contributed by atoms with Crippen molar-refractivity contribution in [1.29, 1.82) is 0 Å². The standard InChI is InChI=1S/C7H13ClO4/c1-6(11-4-3-10-2)12-5-7(8)9/h6H,3-5H2,1-2H3. The van der Waals surface area contributed by atoms with Gasteiger partial charge >= 0.3 is 0 Å². The van der Waals surface area contributed by atoms with Crippen LogP contribution in [0.2, 0.25) is 0 Å². The molecule has 0 bridgehead atoms. The Morgan fingerprint density at radius 2 is 2.08 bits per heavy atom. The highest BCUT2D eigenvalue weighted by molar-refractivity contribution is 6.63. The summed E-state index contributed by atoms with van der Waals surface area (Å²) in [6.45, 7) is 2.50. The first-order chi connectivity index (χ1) is 5.66. The van der Waals surface area contributed by atoms with Crippen molar-refractivity contribution in [2.24, 2.45) is 0 Å². The zero-order chi connectivity index (χ0) is 9.40. The third-order valence-electron chi connectivity index (χ3n) is 1.07. The van der Waals surface area contributed by atoms with Crippen molar-refractivity contribution in [3.8, 4) is 0 Å². The molecule has 72 valence electrons. The maximum absolute atomic E-state index is 10.2. The van der Waals surface area contributed by atoms with Crippen LogP contribution in [0.5, 0.6) is 0 Å². The molecule has 0 aliphatic carbocycles. The number of rotatable bonds is 7. The van der Waals surface area contributed by atoms with Gasteiger partial charge in [0.25, 0.3) is 0 Å². The van der Waals surface area contributed by atoms with E-state index in [0.29, 0.717) is 13.2 Å². The summed E-state index contributed by atoms with van der Waals surface area (Å²) in [5, 5.41) is -0.530. The van der Waals surface area contributed by atoms with Crippen LogP contribution in [0.25, 0.3) is 0 Å². The maximum atomic E-state index is 10.2. The van der Waals surface area contributed by atoms with Gasteiger partial charge < -0.3 is 14.2 Å². The molecule has 0 radical (unpaired) electrons. The van der Waals surface area contributed by atoms with Gasteiger partial charge in [-0.05, 0) is 18.5 Å². The van der Waals surface area contributed by atoms with Crippen LogP contribution < -0.4 is 0 Å². The van der Waals surface area contributed by atoms with E-state index in [2.05, 4.69) is 0 Å². The van der Waals surface area contributed by atoms with Crippen LogP contribution in [0.3, 0.4) is 0 Å². The summed E-state index contributed by atoms with van der Waals surface area (Å²) in [5.41, 5.74) is 0. The summed E-state index contributed by atoms with van der Waals surface area (Å²) >= 11 is 5.04. The summed E-state index contributed by atoms with van der Waals surface area (Å²) in [5.74, 6) is 0. The second-order valence-electron chi connectivity index (χ2n) is 2.10. The van der Waals surface area contributed by atoms with E-state index in [-0.39, 0.29) is 6.61 Å². The van der Waals surface area contributed by atoms with Crippen LogP contribution in [0.15, 0.2) is 0 Å². The number of hydrogen-bond donors (Lipinski definition) is 0. The van der Waals surface area contributed by atoms with Crippen molar-refractivity contribution in [3.63, 3.8) is 0 Å². The lowest BCUT2D eigenvalue weighted by molar-refractivity contribution is -0.147. The predicted octanol–water partition coefficient (Wildman–Crippen LogP) is 0.777. The molecule has 0 aliphatic heterocycles. The molecule has 0 rings (SSSR count). The fraction of sp³-hybridized carbons (Fsp3) is 0.857. The first kappa shape index (κ1) is 11.8. The summed E-state index contributed by atoms with van der Waals surface area (Å²) < 4.78 is 14.7. The number of methoxy groups -OCH3 is 1. The predicted molar refractivity (Wildman–Crippen MR) is 44.1 cm³/mol. The molecule has 0 aromatic carbocycles. The molecule has 5 heteroatoms. The minimum absolute atomic E-state index is 0.129. The highest BCUT2D eigenvalue weighted by atomic mass is 35.5. The van der Waals surface area contributed by atoms with Gasteiger partial charge in [0.2, 0.25) is 5.24 Å². The second-order valence-corrected chi connectivity index (χ2v) is 2.52. The Labute approximate surface area is 76.7 Å². The van der Waals surface area contributed by atoms with Gasteiger partial charge in [0.05, 0.1) is 13.2 Å². The van der Waals surface area contributed by atoms with Crippen LogP contribution in [-0.4, -0.2) is 38.5 Å². The average Bonchev–Trinajstić information content (AvgIpc) is 2.01. The topological polar surface area (TPSA) is 44.8 Å². The monoisotopic (exact) mass is 196 g/mol. The van der Waals surface area contributed by atoms with E-state index < -0.39 is 11.5 Å². The van der Waals surface area contributed by atoms with E-state index in [4.69, 9.17) is 25.8 Å². The third kappa shape index (κ3) is 7.94. The first-order valence-corrected chi connectivity index (χ1v) is 3.95. The molecule has 0 fully saturated rings. The number of halogens is 1. The number of hydrogen-bond acceptors (Lipinski definition) is 4. The molecule has 0 aromatic heterocycles. The van der Waals surface area contributed by atoms with Crippen molar-refractivity contribution in [2.75, 3.05) is 26.9 Å². The normalized spacial score (nSPS) is 12.9. The van der Waals surface area contributed by atoms with Gasteiger partial charge in [0.1, 0.15) is 6.61 Å². The van der Waals surface area contributed by atoms with Gasteiger partial charge in [0, 0.05) is 7.11 Å². The van der Waals surface area contributed by atoms with Crippen molar-refractivity contribution in [2.45, 2.75) is 13.2 Å². The molecule has 0 saturated heterocycles. The van der Waals surface area contributed by atoms with Gasteiger partial charge in [-0.15, -0.1) is 0 Å². The summed E-state index contributed by atoms with van der Waals surface area (Å²) in [7, 11) is 1.58. The van der Waals surface area contributed by atoms with E-state index in [1.807, 2.05) is 0 Å². The lowest BCUT2D eigenvalue weighted by Gasteiger charge is -2.11. The van der Waals surface area contributed by atoms with Gasteiger partial charge in [-0.25, -0.2) is 0 Å². The van der Waals surface area contributed by atoms with E-state index >= 15 is 0 Å². The van der Waals surface area contributed by atoms with Crippen LogP contribution in [-0.2, 0) is 19.0 Å². The van der Waals surface area contributed by atoms with Crippen molar-refractivity contribution in [3.05, 3.63) is 0 Å². The lowest BCUT2D eigenvalue weighted by Crippen LogP contribution is -2.18. The van der Waals surface area contributed by atoms with Gasteiger partial charge in [-0.2, -0.15) is 0 Å². The highest BCUT2D eigenvalue weighted by Gasteiger charge is 2.03. The van der Waals surface area contributed by atoms with Crippen molar-refractivity contribution in [1.82, 2.24) is 0 Å². The number of ether oxygens (including phenoxy) is 3. The van der Waals surface area contributed by atoms with Crippen LogP contribution in [0, 0.1) is 0 Å². The van der Waals surface area contributed by atoms with E-state index in [1.165, 1.54) is 0 Å².